The lowest BCUT2D eigenvalue weighted by atomic mass is 10.0. The Balaban J connectivity index is 1.32. The quantitative estimate of drug-likeness (QED) is 0.461. The van der Waals surface area contributed by atoms with Crippen LogP contribution in [0.25, 0.3) is 11.0 Å². The molecule has 4 heteroatoms. The maximum absolute atomic E-state index is 12.2. The van der Waals surface area contributed by atoms with Crippen molar-refractivity contribution in [3.8, 4) is 0 Å². The normalized spacial score (nSPS) is 10.9. The number of carbonyl (C=O) groups is 1. The van der Waals surface area contributed by atoms with Crippen molar-refractivity contribution >= 4 is 22.6 Å². The highest BCUT2D eigenvalue weighted by Gasteiger charge is 2.09. The third-order valence-corrected chi connectivity index (χ3v) is 4.92. The molecule has 0 saturated heterocycles. The molecule has 28 heavy (non-hydrogen) atoms. The zero-order chi connectivity index (χ0) is 19.6. The second-order valence-corrected chi connectivity index (χ2v) is 7.12. The fourth-order valence-electron chi connectivity index (χ4n) is 3.39. The van der Waals surface area contributed by atoms with Gasteiger partial charge < -0.3 is 9.73 Å². The maximum Gasteiger partial charge on any atom is 0.224 e. The van der Waals surface area contributed by atoms with Crippen molar-refractivity contribution in [1.82, 2.24) is 0 Å². The van der Waals surface area contributed by atoms with Gasteiger partial charge in [-0.15, -0.1) is 0 Å². The van der Waals surface area contributed by atoms with Crippen LogP contribution in [0.5, 0.6) is 0 Å². The minimum absolute atomic E-state index is 0.0388. The summed E-state index contributed by atoms with van der Waals surface area (Å²) in [5.41, 5.74) is 2.29. The van der Waals surface area contributed by atoms with Crippen LogP contribution in [-0.4, -0.2) is 5.91 Å². The first-order valence-corrected chi connectivity index (χ1v) is 10.1. The summed E-state index contributed by atoms with van der Waals surface area (Å²) in [6.07, 6.45) is 9.74. The lowest BCUT2D eigenvalue weighted by molar-refractivity contribution is -0.116. The van der Waals surface area contributed by atoms with Crippen molar-refractivity contribution in [2.75, 3.05) is 5.32 Å². The van der Waals surface area contributed by atoms with Crippen molar-refractivity contribution < 1.29 is 9.21 Å². The van der Waals surface area contributed by atoms with Gasteiger partial charge in [-0.3, -0.25) is 9.59 Å². The number of amides is 1. The number of unbranched alkanes of at least 4 members (excludes halogenated alkanes) is 5. The molecular weight excluding hydrogens is 350 g/mol. The molecule has 3 aromatic rings. The minimum Gasteiger partial charge on any atom is -0.462 e. The van der Waals surface area contributed by atoms with E-state index >= 15 is 0 Å². The molecular formula is C24H27NO3. The van der Waals surface area contributed by atoms with Gasteiger partial charge in [-0.25, -0.2) is 0 Å². The number of anilines is 1. The molecule has 3 rings (SSSR count). The number of rotatable bonds is 10. The van der Waals surface area contributed by atoms with Gasteiger partial charge in [-0.2, -0.15) is 0 Å². The van der Waals surface area contributed by atoms with Crippen LogP contribution in [0.4, 0.5) is 5.69 Å². The van der Waals surface area contributed by atoms with Crippen LogP contribution in [-0.2, 0) is 11.2 Å². The van der Waals surface area contributed by atoms with Crippen LogP contribution in [0, 0.1) is 0 Å². The highest BCUT2D eigenvalue weighted by molar-refractivity contribution is 5.99. The van der Waals surface area contributed by atoms with E-state index in [1.54, 1.807) is 18.2 Å². The van der Waals surface area contributed by atoms with Crippen LogP contribution < -0.4 is 10.7 Å². The monoisotopic (exact) mass is 377 g/mol. The lowest BCUT2D eigenvalue weighted by Crippen LogP contribution is -2.12. The summed E-state index contributed by atoms with van der Waals surface area (Å²) >= 11 is 0. The van der Waals surface area contributed by atoms with Crippen LogP contribution in [0.2, 0.25) is 0 Å². The van der Waals surface area contributed by atoms with Crippen molar-refractivity contribution in [2.24, 2.45) is 0 Å². The van der Waals surface area contributed by atoms with E-state index in [1.807, 2.05) is 0 Å². The van der Waals surface area contributed by atoms with Crippen LogP contribution in [0.3, 0.4) is 0 Å². The lowest BCUT2D eigenvalue weighted by Gasteiger charge is -2.07. The number of benzene rings is 2. The number of para-hydroxylation sites is 1. The molecule has 0 aliphatic carbocycles. The van der Waals surface area contributed by atoms with E-state index in [9.17, 15) is 9.59 Å². The summed E-state index contributed by atoms with van der Waals surface area (Å²) in [7, 11) is 0. The molecule has 0 bridgehead atoms. The molecule has 0 aliphatic heterocycles. The Morgan fingerprint density at radius 3 is 2.39 bits per heavy atom. The molecule has 1 N–H and O–H groups in total. The smallest absolute Gasteiger partial charge is 0.224 e. The van der Waals surface area contributed by atoms with Crippen molar-refractivity contribution in [3.05, 3.63) is 76.6 Å². The summed E-state index contributed by atoms with van der Waals surface area (Å²) in [5.74, 6) is -0.0388. The highest BCUT2D eigenvalue weighted by atomic mass is 16.3. The summed E-state index contributed by atoms with van der Waals surface area (Å²) in [4.78, 5) is 24.0. The molecule has 0 spiro atoms. The molecule has 4 nitrogen and oxygen atoms in total. The third-order valence-electron chi connectivity index (χ3n) is 4.92. The number of carbonyl (C=O) groups excluding carboxylic acids is 1. The number of hydrogen-bond donors (Lipinski definition) is 1. The van der Waals surface area contributed by atoms with Gasteiger partial charge in [0.05, 0.1) is 17.3 Å². The molecule has 146 valence electrons. The Morgan fingerprint density at radius 2 is 1.57 bits per heavy atom. The van der Waals surface area contributed by atoms with Gasteiger partial charge >= 0.3 is 0 Å². The maximum atomic E-state index is 12.2. The molecule has 0 radical (unpaired) electrons. The van der Waals surface area contributed by atoms with Gasteiger partial charge in [-0.05, 0) is 37.0 Å². The van der Waals surface area contributed by atoms with Gasteiger partial charge in [0, 0.05) is 12.5 Å². The second-order valence-electron chi connectivity index (χ2n) is 7.12. The Morgan fingerprint density at radius 1 is 0.821 bits per heavy atom. The van der Waals surface area contributed by atoms with Crippen LogP contribution in [0.15, 0.2) is 70.1 Å². The van der Waals surface area contributed by atoms with E-state index in [4.69, 9.17) is 4.42 Å². The summed E-state index contributed by atoms with van der Waals surface area (Å²) in [6.45, 7) is 0. The van der Waals surface area contributed by atoms with E-state index < -0.39 is 0 Å². The SMILES string of the molecule is O=C(CCCCCCCCc1ccccc1)Nc1cccc2c(=O)ccoc12. The molecule has 0 fully saturated rings. The Bertz CT molecular complexity index is 947. The Kier molecular flexibility index (Phi) is 7.42. The van der Waals surface area contributed by atoms with E-state index in [0.717, 1.165) is 25.7 Å². The van der Waals surface area contributed by atoms with Gasteiger partial charge in [0.25, 0.3) is 0 Å². The second kappa shape index (κ2) is 10.5. The molecule has 1 aromatic heterocycles. The summed E-state index contributed by atoms with van der Waals surface area (Å²) < 4.78 is 5.42. The van der Waals surface area contributed by atoms with E-state index in [1.165, 1.54) is 37.2 Å². The topological polar surface area (TPSA) is 59.3 Å². The molecule has 0 aliphatic rings. The number of nitrogens with one attached hydrogen (secondary N) is 1. The average Bonchev–Trinajstić information content (AvgIpc) is 2.71. The van der Waals surface area contributed by atoms with Gasteiger partial charge in [-0.1, -0.05) is 62.1 Å². The zero-order valence-corrected chi connectivity index (χ0v) is 16.2. The Labute approximate surface area is 165 Å². The summed E-state index contributed by atoms with van der Waals surface area (Å²) in [5, 5.41) is 3.35. The molecule has 1 amide bonds. The third kappa shape index (κ3) is 5.81. The first-order valence-electron chi connectivity index (χ1n) is 10.1. The molecule has 1 heterocycles. The first kappa shape index (κ1) is 19.9. The molecule has 2 aromatic carbocycles. The number of fused-ring (bicyclic) bond motifs is 1. The molecule has 0 unspecified atom stereocenters. The molecule has 0 atom stereocenters. The van der Waals surface area contributed by atoms with Crippen LogP contribution >= 0.6 is 0 Å². The van der Waals surface area contributed by atoms with Crippen molar-refractivity contribution in [2.45, 2.75) is 51.4 Å². The van der Waals surface area contributed by atoms with Gasteiger partial charge in [0.15, 0.2) is 11.0 Å². The highest BCUT2D eigenvalue weighted by Crippen LogP contribution is 2.21. The zero-order valence-electron chi connectivity index (χ0n) is 16.2. The van der Waals surface area contributed by atoms with Gasteiger partial charge in [0.1, 0.15) is 0 Å². The number of aryl methyl sites for hydroxylation is 1. The predicted molar refractivity (Wildman–Crippen MR) is 114 cm³/mol. The minimum atomic E-state index is -0.107. The molecule has 0 saturated carbocycles. The van der Waals surface area contributed by atoms with Crippen LogP contribution in [0.1, 0.15) is 50.5 Å². The Hall–Kier alpha value is -2.88. The van der Waals surface area contributed by atoms with Crippen molar-refractivity contribution in [1.29, 1.82) is 0 Å². The summed E-state index contributed by atoms with van der Waals surface area (Å²) in [6, 6.07) is 17.2. The van der Waals surface area contributed by atoms with Crippen molar-refractivity contribution in [3.63, 3.8) is 0 Å². The predicted octanol–water partition coefficient (Wildman–Crippen LogP) is 5.70. The van der Waals surface area contributed by atoms with E-state index in [-0.39, 0.29) is 11.3 Å². The standard InChI is InChI=1S/C24H27NO3/c26-22-17-18-28-24-20(22)14-10-15-21(24)25-23(27)16-9-4-2-1-3-6-11-19-12-7-5-8-13-19/h5,7-8,10,12-15,17-18H,1-4,6,9,11,16H2,(H,25,27). The largest absolute Gasteiger partial charge is 0.462 e. The first-order chi connectivity index (χ1) is 13.7. The van der Waals surface area contributed by atoms with E-state index in [2.05, 4.69) is 35.6 Å². The average molecular weight is 377 g/mol. The van der Waals surface area contributed by atoms with E-state index in [0.29, 0.717) is 23.1 Å². The number of hydrogen-bond acceptors (Lipinski definition) is 3. The van der Waals surface area contributed by atoms with Gasteiger partial charge in [0.2, 0.25) is 5.91 Å². The fourth-order valence-corrected chi connectivity index (χ4v) is 3.39. The fraction of sp³-hybridized carbons (Fsp3) is 0.333.